The summed E-state index contributed by atoms with van der Waals surface area (Å²) in [4.78, 5) is 19.6. The maximum Gasteiger partial charge on any atom is 0.289 e. The molecule has 1 aromatic carbocycles. The van der Waals surface area contributed by atoms with Crippen LogP contribution in [0.25, 0.3) is 0 Å². The molecule has 1 unspecified atom stereocenters. The Morgan fingerprint density at radius 1 is 1.11 bits per heavy atom. The van der Waals surface area contributed by atoms with E-state index < -0.39 is 9.84 Å². The van der Waals surface area contributed by atoms with Crippen LogP contribution in [0.3, 0.4) is 0 Å². The highest BCUT2D eigenvalue weighted by atomic mass is 32.2. The quantitative estimate of drug-likeness (QED) is 0.386. The zero-order valence-corrected chi connectivity index (χ0v) is 22.2. The van der Waals surface area contributed by atoms with Crippen molar-refractivity contribution < 1.29 is 22.4 Å². The van der Waals surface area contributed by atoms with Crippen molar-refractivity contribution in [1.82, 2.24) is 14.5 Å². The van der Waals surface area contributed by atoms with E-state index in [2.05, 4.69) is 4.98 Å². The van der Waals surface area contributed by atoms with E-state index in [4.69, 9.17) is 9.15 Å². The van der Waals surface area contributed by atoms with E-state index in [-0.39, 0.29) is 41.3 Å². The first-order valence-electron chi connectivity index (χ1n) is 13.2. The predicted molar refractivity (Wildman–Crippen MR) is 139 cm³/mol. The Balaban J connectivity index is 1.49. The predicted octanol–water partition coefficient (Wildman–Crippen LogP) is 5.09. The first-order valence-corrected chi connectivity index (χ1v) is 14.8. The summed E-state index contributed by atoms with van der Waals surface area (Å²) in [6.45, 7) is 3.30. The Morgan fingerprint density at radius 3 is 2.65 bits per heavy atom. The maximum absolute atomic E-state index is 13.7. The molecule has 0 N–H and O–H groups in total. The van der Waals surface area contributed by atoms with Gasteiger partial charge in [-0.3, -0.25) is 4.79 Å². The number of hydrogen-bond donors (Lipinski definition) is 0. The second-order valence-electron chi connectivity index (χ2n) is 10.2. The molecule has 3 heterocycles. The summed E-state index contributed by atoms with van der Waals surface area (Å²) in [6, 6.07) is 11.0. The molecule has 0 bridgehead atoms. The smallest absolute Gasteiger partial charge is 0.289 e. The van der Waals surface area contributed by atoms with Crippen molar-refractivity contribution in [2.24, 2.45) is 0 Å². The van der Waals surface area contributed by atoms with Gasteiger partial charge in [-0.1, -0.05) is 49.1 Å². The number of amides is 1. The van der Waals surface area contributed by atoms with Crippen LogP contribution < -0.4 is 0 Å². The average Bonchev–Trinajstić information content (AvgIpc) is 3.66. The van der Waals surface area contributed by atoms with Gasteiger partial charge >= 0.3 is 0 Å². The van der Waals surface area contributed by atoms with Crippen molar-refractivity contribution >= 4 is 15.7 Å². The minimum atomic E-state index is -3.71. The van der Waals surface area contributed by atoms with E-state index in [1.54, 1.807) is 23.2 Å². The van der Waals surface area contributed by atoms with Gasteiger partial charge in [-0.2, -0.15) is 0 Å². The number of benzene rings is 1. The van der Waals surface area contributed by atoms with Crippen LogP contribution in [-0.4, -0.2) is 48.0 Å². The van der Waals surface area contributed by atoms with Crippen LogP contribution in [0.4, 0.5) is 0 Å². The highest BCUT2D eigenvalue weighted by molar-refractivity contribution is 7.90. The highest BCUT2D eigenvalue weighted by Crippen LogP contribution is 2.33. The fraction of sp³-hybridized carbons (Fsp3) is 0.500. The molecule has 5 rings (SSSR count). The molecular formula is C28H35N3O5S. The van der Waals surface area contributed by atoms with Gasteiger partial charge in [-0.05, 0) is 50.3 Å². The molecule has 1 atom stereocenters. The summed E-state index contributed by atoms with van der Waals surface area (Å²) in [5.74, 6) is -0.0851. The van der Waals surface area contributed by atoms with Gasteiger partial charge in [0.2, 0.25) is 15.0 Å². The number of ether oxygens (including phenoxy) is 1. The summed E-state index contributed by atoms with van der Waals surface area (Å²) in [7, 11) is -3.71. The summed E-state index contributed by atoms with van der Waals surface area (Å²) in [5, 5.41) is 0.0958. The molecule has 0 spiro atoms. The fourth-order valence-electron chi connectivity index (χ4n) is 5.54. The van der Waals surface area contributed by atoms with Gasteiger partial charge in [0.1, 0.15) is 0 Å². The van der Waals surface area contributed by atoms with Crippen LogP contribution in [0.5, 0.6) is 0 Å². The average molecular weight is 526 g/mol. The molecule has 3 aromatic rings. The van der Waals surface area contributed by atoms with Gasteiger partial charge in [-0.15, -0.1) is 0 Å². The van der Waals surface area contributed by atoms with E-state index in [9.17, 15) is 13.2 Å². The molecule has 198 valence electrons. The second kappa shape index (κ2) is 11.2. The molecular weight excluding hydrogens is 490 g/mol. The van der Waals surface area contributed by atoms with Crippen molar-refractivity contribution in [2.45, 2.75) is 81.5 Å². The number of hydrogen-bond acceptors (Lipinski definition) is 6. The largest absolute Gasteiger partial charge is 0.459 e. The third kappa shape index (κ3) is 5.99. The lowest BCUT2D eigenvalue weighted by atomic mass is 9.95. The van der Waals surface area contributed by atoms with Gasteiger partial charge in [-0.25, -0.2) is 13.4 Å². The third-order valence-electron chi connectivity index (χ3n) is 7.32. The zero-order valence-electron chi connectivity index (χ0n) is 21.3. The SMILES string of the molecule is Cc1cccc(CS(=O)(=O)c2ncc(CN(CC3CCCO3)C(=O)c3ccco3)n2C2CCCCC2)c1. The molecule has 9 heteroatoms. The lowest BCUT2D eigenvalue weighted by molar-refractivity contribution is 0.0476. The van der Waals surface area contributed by atoms with E-state index >= 15 is 0 Å². The molecule has 0 radical (unpaired) electrons. The molecule has 2 aliphatic rings. The van der Waals surface area contributed by atoms with Crippen LogP contribution >= 0.6 is 0 Å². The third-order valence-corrected chi connectivity index (χ3v) is 8.89. The van der Waals surface area contributed by atoms with Crippen molar-refractivity contribution in [2.75, 3.05) is 13.2 Å². The van der Waals surface area contributed by atoms with Crippen LogP contribution in [0.15, 0.2) is 58.4 Å². The van der Waals surface area contributed by atoms with Gasteiger partial charge in [0.15, 0.2) is 5.76 Å². The van der Waals surface area contributed by atoms with E-state index in [1.807, 2.05) is 35.8 Å². The number of nitrogens with zero attached hydrogens (tertiary/aromatic N) is 3. The topological polar surface area (TPSA) is 94.6 Å². The van der Waals surface area contributed by atoms with Gasteiger partial charge in [0, 0.05) is 19.2 Å². The van der Waals surface area contributed by atoms with Crippen molar-refractivity contribution in [3.05, 3.63) is 71.4 Å². The molecule has 37 heavy (non-hydrogen) atoms. The lowest BCUT2D eigenvalue weighted by Gasteiger charge is -2.29. The monoisotopic (exact) mass is 525 g/mol. The molecule has 2 fully saturated rings. The highest BCUT2D eigenvalue weighted by Gasteiger charge is 2.32. The van der Waals surface area contributed by atoms with Crippen LogP contribution in [0, 0.1) is 6.92 Å². The Morgan fingerprint density at radius 2 is 1.95 bits per heavy atom. The fourth-order valence-corrected chi connectivity index (χ4v) is 7.07. The van der Waals surface area contributed by atoms with Crippen LogP contribution in [0.2, 0.25) is 0 Å². The lowest BCUT2D eigenvalue weighted by Crippen LogP contribution is -2.37. The van der Waals surface area contributed by atoms with Crippen molar-refractivity contribution in [3.8, 4) is 0 Å². The second-order valence-corrected chi connectivity index (χ2v) is 12.1. The first kappa shape index (κ1) is 25.7. The summed E-state index contributed by atoms with van der Waals surface area (Å²) >= 11 is 0. The Kier molecular flexibility index (Phi) is 7.81. The van der Waals surface area contributed by atoms with Crippen molar-refractivity contribution in [1.29, 1.82) is 0 Å². The molecule has 8 nitrogen and oxygen atoms in total. The summed E-state index contributed by atoms with van der Waals surface area (Å²) in [5.41, 5.74) is 2.49. The molecule has 2 aromatic heterocycles. The number of aryl methyl sites for hydroxylation is 1. The molecule has 1 saturated carbocycles. The summed E-state index contributed by atoms with van der Waals surface area (Å²) in [6.07, 6.45) is 9.96. The van der Waals surface area contributed by atoms with E-state index in [0.717, 1.165) is 61.8 Å². The van der Waals surface area contributed by atoms with E-state index in [0.29, 0.717) is 13.2 Å². The number of imidazole rings is 1. The van der Waals surface area contributed by atoms with Gasteiger partial charge < -0.3 is 18.6 Å². The first-order chi connectivity index (χ1) is 17.9. The number of carbonyl (C=O) groups excluding carboxylic acids is 1. The number of carbonyl (C=O) groups is 1. The Hall–Kier alpha value is -2.91. The molecule has 1 amide bonds. The number of aromatic nitrogens is 2. The zero-order chi connectivity index (χ0) is 25.8. The number of sulfone groups is 1. The number of furan rings is 1. The molecule has 1 saturated heterocycles. The van der Waals surface area contributed by atoms with Crippen molar-refractivity contribution in [3.63, 3.8) is 0 Å². The Bertz CT molecular complexity index is 1300. The van der Waals surface area contributed by atoms with Gasteiger partial charge in [0.05, 0.1) is 36.6 Å². The minimum Gasteiger partial charge on any atom is -0.459 e. The maximum atomic E-state index is 13.7. The minimum absolute atomic E-state index is 0.0387. The van der Waals surface area contributed by atoms with Gasteiger partial charge in [0.25, 0.3) is 5.91 Å². The molecule has 1 aliphatic heterocycles. The summed E-state index contributed by atoms with van der Waals surface area (Å²) < 4.78 is 40.5. The standard InChI is InChI=1S/C28H35N3O5S/c1-21-8-5-9-22(16-21)20-37(33,34)28-29-17-24(31(28)23-10-3-2-4-11-23)18-30(19-25-12-6-14-35-25)27(32)26-13-7-15-36-26/h5,7-9,13,15-17,23,25H,2-4,6,10-12,14,18-20H2,1H3. The molecule has 1 aliphatic carbocycles. The van der Waals surface area contributed by atoms with Crippen LogP contribution in [-0.2, 0) is 26.9 Å². The normalized spacial score (nSPS) is 18.8. The number of rotatable bonds is 9. The Labute approximate surface area is 218 Å². The van der Waals surface area contributed by atoms with Crippen LogP contribution in [0.1, 0.15) is 78.4 Å². The van der Waals surface area contributed by atoms with E-state index in [1.165, 1.54) is 6.26 Å².